The van der Waals surface area contributed by atoms with E-state index in [2.05, 4.69) is 4.98 Å². The van der Waals surface area contributed by atoms with E-state index in [1.165, 1.54) is 29.5 Å². The Hall–Kier alpha value is -2.76. The molecule has 0 bridgehead atoms. The molecule has 1 aromatic carbocycles. The molecule has 0 aliphatic carbocycles. The summed E-state index contributed by atoms with van der Waals surface area (Å²) >= 11 is 1.46. The number of nitrogens with one attached hydrogen (secondary N) is 1. The highest BCUT2D eigenvalue weighted by molar-refractivity contribution is 7.89. The van der Waals surface area contributed by atoms with Crippen LogP contribution in [0.4, 0.5) is 17.6 Å². The van der Waals surface area contributed by atoms with E-state index in [1.807, 2.05) is 22.1 Å². The zero-order valence-corrected chi connectivity index (χ0v) is 18.4. The normalized spacial score (nSPS) is 13.6. The number of thiophene rings is 1. The van der Waals surface area contributed by atoms with Crippen LogP contribution in [0.1, 0.15) is 12.5 Å². The number of pyridine rings is 1. The molecule has 4 aromatic rings. The van der Waals surface area contributed by atoms with Crippen LogP contribution in [0.15, 0.2) is 58.9 Å². The number of halogens is 4. The highest BCUT2D eigenvalue weighted by atomic mass is 32.2. The van der Waals surface area contributed by atoms with Gasteiger partial charge in [-0.25, -0.2) is 12.8 Å². The third-order valence-electron chi connectivity index (χ3n) is 4.94. The molecule has 0 radical (unpaired) electrons. The predicted octanol–water partition coefficient (Wildman–Crippen LogP) is 5.43. The Kier molecular flexibility index (Phi) is 5.60. The van der Waals surface area contributed by atoms with Gasteiger partial charge in [0.05, 0.1) is 21.9 Å². The molecule has 0 aliphatic rings. The number of hydrogen-bond acceptors (Lipinski definition) is 4. The Morgan fingerprint density at radius 1 is 1.16 bits per heavy atom. The second-order valence-corrected chi connectivity index (χ2v) is 9.88. The number of sulfonamides is 1. The second kappa shape index (κ2) is 7.98. The van der Waals surface area contributed by atoms with E-state index in [-0.39, 0.29) is 5.82 Å². The lowest BCUT2D eigenvalue weighted by molar-refractivity contribution is -0.147. The molecule has 3 aromatic heterocycles. The lowest BCUT2D eigenvalue weighted by Crippen LogP contribution is -2.42. The van der Waals surface area contributed by atoms with E-state index in [1.54, 1.807) is 23.8 Å². The molecule has 11 heteroatoms. The average molecular weight is 484 g/mol. The molecule has 4 rings (SSSR count). The van der Waals surface area contributed by atoms with Gasteiger partial charge >= 0.3 is 6.18 Å². The van der Waals surface area contributed by atoms with Crippen molar-refractivity contribution in [2.24, 2.45) is 0 Å². The van der Waals surface area contributed by atoms with Gasteiger partial charge in [-0.1, -0.05) is 0 Å². The highest BCUT2D eigenvalue weighted by Gasteiger charge is 2.39. The van der Waals surface area contributed by atoms with E-state index in [4.69, 9.17) is 0 Å². The van der Waals surface area contributed by atoms with Crippen LogP contribution < -0.4 is 4.72 Å². The van der Waals surface area contributed by atoms with E-state index in [0.717, 1.165) is 23.6 Å². The van der Waals surface area contributed by atoms with Crippen LogP contribution in [-0.2, 0) is 10.0 Å². The number of alkyl halides is 3. The fourth-order valence-electron chi connectivity index (χ4n) is 3.21. The molecule has 0 saturated heterocycles. The van der Waals surface area contributed by atoms with E-state index >= 15 is 0 Å². The first-order valence-corrected chi connectivity index (χ1v) is 11.7. The smallest absolute Gasteiger partial charge is 0.299 e. The molecule has 0 spiro atoms. The minimum absolute atomic E-state index is 0.355. The summed E-state index contributed by atoms with van der Waals surface area (Å²) in [6.45, 7) is 2.38. The summed E-state index contributed by atoms with van der Waals surface area (Å²) in [7, 11) is -4.42. The average Bonchev–Trinajstić information content (AvgIpc) is 3.35. The van der Waals surface area contributed by atoms with Gasteiger partial charge in [-0.3, -0.25) is 9.55 Å². The predicted molar refractivity (Wildman–Crippen MR) is 115 cm³/mol. The van der Waals surface area contributed by atoms with Crippen molar-refractivity contribution in [1.82, 2.24) is 14.3 Å². The third-order valence-corrected chi connectivity index (χ3v) is 7.32. The quantitative estimate of drug-likeness (QED) is 0.385. The van der Waals surface area contributed by atoms with Gasteiger partial charge < -0.3 is 0 Å². The molecule has 3 heterocycles. The Labute approximate surface area is 185 Å². The summed E-state index contributed by atoms with van der Waals surface area (Å²) in [4.78, 5) is 3.79. The third kappa shape index (κ3) is 4.15. The zero-order chi connectivity index (χ0) is 23.3. The molecule has 168 valence electrons. The largest absolute Gasteiger partial charge is 0.404 e. The van der Waals surface area contributed by atoms with Crippen molar-refractivity contribution in [3.63, 3.8) is 0 Å². The molecule has 0 saturated carbocycles. The van der Waals surface area contributed by atoms with Crippen LogP contribution in [0.3, 0.4) is 0 Å². The van der Waals surface area contributed by atoms with Gasteiger partial charge in [0.2, 0.25) is 10.0 Å². The van der Waals surface area contributed by atoms with E-state index in [9.17, 15) is 26.0 Å². The molecule has 32 heavy (non-hydrogen) atoms. The maximum Gasteiger partial charge on any atom is 0.404 e. The highest BCUT2D eigenvalue weighted by Crippen LogP contribution is 2.34. The van der Waals surface area contributed by atoms with Gasteiger partial charge in [-0.2, -0.15) is 17.9 Å². The van der Waals surface area contributed by atoms with Crippen LogP contribution in [-0.4, -0.2) is 30.2 Å². The van der Waals surface area contributed by atoms with Gasteiger partial charge in [-0.15, -0.1) is 11.3 Å². The van der Waals surface area contributed by atoms with Gasteiger partial charge in [-0.05, 0) is 67.3 Å². The van der Waals surface area contributed by atoms with Crippen molar-refractivity contribution in [2.75, 3.05) is 0 Å². The summed E-state index contributed by atoms with van der Waals surface area (Å²) in [6.07, 6.45) is -3.71. The molecule has 5 nitrogen and oxygen atoms in total. The SMILES string of the molecule is Cc1cc2c(cc1F)cc(-c1ccc(S(=O)(=O)N[C@@H](C)C(F)(F)F)cn1)n2-c1cccs1. The van der Waals surface area contributed by atoms with Crippen molar-refractivity contribution in [1.29, 1.82) is 0 Å². The molecule has 0 amide bonds. The lowest BCUT2D eigenvalue weighted by atomic mass is 10.1. The van der Waals surface area contributed by atoms with Crippen molar-refractivity contribution in [3.8, 4) is 16.4 Å². The molecule has 1 N–H and O–H groups in total. The summed E-state index contributed by atoms with van der Waals surface area (Å²) < 4.78 is 80.5. The Bertz CT molecular complexity index is 1380. The van der Waals surface area contributed by atoms with Crippen LogP contribution >= 0.6 is 11.3 Å². The topological polar surface area (TPSA) is 64.0 Å². The second-order valence-electron chi connectivity index (χ2n) is 7.24. The van der Waals surface area contributed by atoms with Crippen LogP contribution in [0, 0.1) is 12.7 Å². The van der Waals surface area contributed by atoms with Gasteiger partial charge in [0.25, 0.3) is 0 Å². The maximum atomic E-state index is 14.1. The first-order chi connectivity index (χ1) is 15.0. The lowest BCUT2D eigenvalue weighted by Gasteiger charge is -2.17. The van der Waals surface area contributed by atoms with Gasteiger partial charge in [0.15, 0.2) is 0 Å². The number of fused-ring (bicyclic) bond motifs is 1. The monoisotopic (exact) mass is 483 g/mol. The summed E-state index contributed by atoms with van der Waals surface area (Å²) in [6, 6.07) is 8.97. The van der Waals surface area contributed by atoms with Gasteiger partial charge in [0, 0.05) is 11.6 Å². The van der Waals surface area contributed by atoms with Crippen LogP contribution in [0.5, 0.6) is 0 Å². The van der Waals surface area contributed by atoms with E-state index < -0.39 is 27.1 Å². The summed E-state index contributed by atoms with van der Waals surface area (Å²) in [5, 5.41) is 3.37. The Morgan fingerprint density at radius 3 is 2.50 bits per heavy atom. The molecule has 0 unspecified atom stereocenters. The number of aryl methyl sites for hydroxylation is 1. The Balaban J connectivity index is 1.78. The standard InChI is InChI=1S/C21H17F4N3O2S2/c1-12-8-18-14(9-16(12)22)10-19(28(18)20-4-3-7-31-20)17-6-5-15(11-26-17)32(29,30)27-13(2)21(23,24)25/h3-11,13,27H,1-2H3/t13-/m0/s1. The van der Waals surface area contributed by atoms with E-state index in [0.29, 0.717) is 22.3 Å². The number of rotatable bonds is 5. The zero-order valence-electron chi connectivity index (χ0n) is 16.8. The number of hydrogen-bond donors (Lipinski definition) is 1. The van der Waals surface area contributed by atoms with Crippen LogP contribution in [0.25, 0.3) is 27.3 Å². The fraction of sp³-hybridized carbons (Fsp3) is 0.190. The molecular formula is C21H17F4N3O2S2. The van der Waals surface area contributed by atoms with Crippen molar-refractivity contribution in [2.45, 2.75) is 31.0 Å². The van der Waals surface area contributed by atoms with Crippen molar-refractivity contribution in [3.05, 3.63) is 65.4 Å². The van der Waals surface area contributed by atoms with Crippen molar-refractivity contribution < 1.29 is 26.0 Å². The maximum absolute atomic E-state index is 14.1. The number of nitrogens with zero attached hydrogens (tertiary/aromatic N) is 2. The van der Waals surface area contributed by atoms with Gasteiger partial charge in [0.1, 0.15) is 16.8 Å². The molecule has 1 atom stereocenters. The minimum atomic E-state index is -4.71. The molecule has 0 aliphatic heterocycles. The summed E-state index contributed by atoms with van der Waals surface area (Å²) in [5.74, 6) is -0.355. The first-order valence-electron chi connectivity index (χ1n) is 9.38. The first kappa shape index (κ1) is 22.4. The molecular weight excluding hydrogens is 466 g/mol. The minimum Gasteiger partial charge on any atom is -0.299 e. The fourth-order valence-corrected chi connectivity index (χ4v) is 5.14. The number of aromatic nitrogens is 2. The Morgan fingerprint density at radius 2 is 1.91 bits per heavy atom. The van der Waals surface area contributed by atoms with Crippen LogP contribution in [0.2, 0.25) is 0 Å². The van der Waals surface area contributed by atoms with Crippen molar-refractivity contribution >= 4 is 32.3 Å². The number of benzene rings is 1. The molecule has 0 fully saturated rings. The summed E-state index contributed by atoms with van der Waals surface area (Å²) in [5.41, 5.74) is 2.20.